The summed E-state index contributed by atoms with van der Waals surface area (Å²) in [7, 11) is 0. The van der Waals surface area contributed by atoms with Crippen LogP contribution in [-0.2, 0) is 9.53 Å². The molecule has 6 heteroatoms. The van der Waals surface area contributed by atoms with Crippen molar-refractivity contribution in [2.45, 2.75) is 63.6 Å². The maximum atomic E-state index is 13.5. The van der Waals surface area contributed by atoms with Crippen LogP contribution in [0.4, 0.5) is 0 Å². The van der Waals surface area contributed by atoms with Crippen LogP contribution in [0.2, 0.25) is 0 Å². The number of nitrogens with one attached hydrogen (secondary N) is 2. The third-order valence-electron chi connectivity index (χ3n) is 6.28. The molecule has 2 heterocycles. The van der Waals surface area contributed by atoms with Gasteiger partial charge in [-0.25, -0.2) is 0 Å². The van der Waals surface area contributed by atoms with Crippen molar-refractivity contribution >= 4 is 11.8 Å². The third-order valence-corrected chi connectivity index (χ3v) is 6.28. The molecule has 2 aromatic rings. The molecule has 1 saturated carbocycles. The van der Waals surface area contributed by atoms with Crippen LogP contribution in [0.3, 0.4) is 0 Å². The van der Waals surface area contributed by atoms with E-state index in [0.29, 0.717) is 12.2 Å². The van der Waals surface area contributed by atoms with Crippen LogP contribution in [0, 0.1) is 0 Å². The van der Waals surface area contributed by atoms with Crippen LogP contribution < -0.4 is 5.32 Å². The standard InChI is InChI=1S/C24H31N3O3/c1-17(23(28)25-16-20-12-7-15-30-20)27(19-10-5-6-11-19)24(29)22-14-13-21(26-22)18-8-3-2-4-9-18/h2-4,8-9,13-14,17,19-20,26H,5-7,10-12,15-16H2,1H3,(H,25,28). The maximum Gasteiger partial charge on any atom is 0.271 e. The molecular weight excluding hydrogens is 378 g/mol. The lowest BCUT2D eigenvalue weighted by Gasteiger charge is -2.33. The molecule has 1 saturated heterocycles. The molecule has 2 amide bonds. The van der Waals surface area contributed by atoms with Crippen LogP contribution in [0.5, 0.6) is 0 Å². The molecule has 2 N–H and O–H groups in total. The number of carbonyl (C=O) groups is 2. The van der Waals surface area contributed by atoms with Crippen molar-refractivity contribution in [3.8, 4) is 11.3 Å². The molecule has 2 atom stereocenters. The summed E-state index contributed by atoms with van der Waals surface area (Å²) in [6.45, 7) is 3.11. The van der Waals surface area contributed by atoms with E-state index in [-0.39, 0.29) is 24.0 Å². The summed E-state index contributed by atoms with van der Waals surface area (Å²) in [5, 5.41) is 3.00. The van der Waals surface area contributed by atoms with E-state index in [1.807, 2.05) is 49.4 Å². The highest BCUT2D eigenvalue weighted by atomic mass is 16.5. The van der Waals surface area contributed by atoms with E-state index in [2.05, 4.69) is 10.3 Å². The van der Waals surface area contributed by atoms with Gasteiger partial charge < -0.3 is 19.9 Å². The topological polar surface area (TPSA) is 74.4 Å². The van der Waals surface area contributed by atoms with Gasteiger partial charge in [0.2, 0.25) is 5.91 Å². The van der Waals surface area contributed by atoms with E-state index >= 15 is 0 Å². The number of nitrogens with zero attached hydrogens (tertiary/aromatic N) is 1. The molecular formula is C24H31N3O3. The highest BCUT2D eigenvalue weighted by Gasteiger charge is 2.35. The summed E-state index contributed by atoms with van der Waals surface area (Å²) in [5.74, 6) is -0.218. The van der Waals surface area contributed by atoms with E-state index in [1.165, 1.54) is 0 Å². The number of aromatic amines is 1. The van der Waals surface area contributed by atoms with Gasteiger partial charge in [-0.1, -0.05) is 43.2 Å². The van der Waals surface area contributed by atoms with E-state index in [0.717, 1.165) is 56.4 Å². The molecule has 1 aliphatic carbocycles. The van der Waals surface area contributed by atoms with Gasteiger partial charge in [0.25, 0.3) is 5.91 Å². The normalized spacial score (nSPS) is 20.2. The predicted molar refractivity (Wildman–Crippen MR) is 116 cm³/mol. The summed E-state index contributed by atoms with van der Waals surface area (Å²) in [6, 6.07) is 13.3. The zero-order chi connectivity index (χ0) is 20.9. The monoisotopic (exact) mass is 409 g/mol. The van der Waals surface area contributed by atoms with E-state index < -0.39 is 6.04 Å². The van der Waals surface area contributed by atoms with Gasteiger partial charge in [-0.3, -0.25) is 9.59 Å². The van der Waals surface area contributed by atoms with Crippen molar-refractivity contribution in [1.29, 1.82) is 0 Å². The molecule has 2 fully saturated rings. The van der Waals surface area contributed by atoms with Gasteiger partial charge in [0, 0.05) is 24.9 Å². The summed E-state index contributed by atoms with van der Waals surface area (Å²) in [4.78, 5) is 31.4. The Labute approximate surface area is 178 Å². The first-order chi connectivity index (χ1) is 14.6. The smallest absolute Gasteiger partial charge is 0.271 e. The Hall–Kier alpha value is -2.60. The van der Waals surface area contributed by atoms with Crippen LogP contribution in [0.15, 0.2) is 42.5 Å². The van der Waals surface area contributed by atoms with Gasteiger partial charge in [0.15, 0.2) is 0 Å². The van der Waals surface area contributed by atoms with E-state index in [4.69, 9.17) is 4.74 Å². The van der Waals surface area contributed by atoms with Gasteiger partial charge in [0.05, 0.1) is 6.10 Å². The Bertz CT molecular complexity index is 852. The highest BCUT2D eigenvalue weighted by molar-refractivity contribution is 5.97. The molecule has 0 bridgehead atoms. The fraction of sp³-hybridized carbons (Fsp3) is 0.500. The number of rotatable bonds is 7. The number of carbonyl (C=O) groups excluding carboxylic acids is 2. The summed E-state index contributed by atoms with van der Waals surface area (Å²) in [6.07, 6.45) is 6.19. The van der Waals surface area contributed by atoms with Gasteiger partial charge in [0.1, 0.15) is 11.7 Å². The van der Waals surface area contributed by atoms with Crippen LogP contribution in [0.25, 0.3) is 11.3 Å². The molecule has 6 nitrogen and oxygen atoms in total. The fourth-order valence-electron chi connectivity index (χ4n) is 4.58. The summed E-state index contributed by atoms with van der Waals surface area (Å²) in [5.41, 5.74) is 2.46. The Kier molecular flexibility index (Phi) is 6.53. The first-order valence-corrected chi connectivity index (χ1v) is 11.1. The highest BCUT2D eigenvalue weighted by Crippen LogP contribution is 2.28. The lowest BCUT2D eigenvalue weighted by atomic mass is 10.1. The van der Waals surface area contributed by atoms with Crippen LogP contribution >= 0.6 is 0 Å². The molecule has 30 heavy (non-hydrogen) atoms. The Morgan fingerprint density at radius 2 is 1.87 bits per heavy atom. The van der Waals surface area contributed by atoms with Crippen LogP contribution in [0.1, 0.15) is 55.9 Å². The Morgan fingerprint density at radius 1 is 1.10 bits per heavy atom. The summed E-state index contributed by atoms with van der Waals surface area (Å²) < 4.78 is 5.60. The minimum Gasteiger partial charge on any atom is -0.376 e. The predicted octanol–water partition coefficient (Wildman–Crippen LogP) is 3.75. The quantitative estimate of drug-likeness (QED) is 0.731. The second-order valence-electron chi connectivity index (χ2n) is 8.36. The molecule has 1 aromatic heterocycles. The number of aromatic nitrogens is 1. The Morgan fingerprint density at radius 3 is 2.57 bits per heavy atom. The van der Waals surface area contributed by atoms with Gasteiger partial charge in [-0.15, -0.1) is 0 Å². The largest absolute Gasteiger partial charge is 0.376 e. The zero-order valence-corrected chi connectivity index (χ0v) is 17.6. The number of H-pyrrole nitrogens is 1. The lowest BCUT2D eigenvalue weighted by Crippen LogP contribution is -2.52. The molecule has 0 radical (unpaired) electrons. The zero-order valence-electron chi connectivity index (χ0n) is 17.6. The molecule has 4 rings (SSSR count). The van der Waals surface area contributed by atoms with Gasteiger partial charge in [-0.2, -0.15) is 0 Å². The number of benzene rings is 1. The van der Waals surface area contributed by atoms with Crippen molar-refractivity contribution in [3.05, 3.63) is 48.2 Å². The fourth-order valence-corrected chi connectivity index (χ4v) is 4.58. The average Bonchev–Trinajstić information content (AvgIpc) is 3.55. The number of amides is 2. The second kappa shape index (κ2) is 9.47. The summed E-state index contributed by atoms with van der Waals surface area (Å²) >= 11 is 0. The van der Waals surface area contributed by atoms with Crippen molar-refractivity contribution in [2.24, 2.45) is 0 Å². The molecule has 160 valence electrons. The van der Waals surface area contributed by atoms with Crippen LogP contribution in [-0.4, -0.2) is 53.0 Å². The molecule has 2 unspecified atom stereocenters. The SMILES string of the molecule is CC(C(=O)NCC1CCCO1)N(C(=O)c1ccc(-c2ccccc2)[nH]1)C1CCCC1. The Balaban J connectivity index is 1.49. The lowest BCUT2D eigenvalue weighted by molar-refractivity contribution is -0.126. The minimum absolute atomic E-state index is 0.0913. The minimum atomic E-state index is -0.523. The molecule has 1 aromatic carbocycles. The van der Waals surface area contributed by atoms with E-state index in [9.17, 15) is 9.59 Å². The number of hydrogen-bond acceptors (Lipinski definition) is 3. The van der Waals surface area contributed by atoms with Crippen molar-refractivity contribution in [3.63, 3.8) is 0 Å². The van der Waals surface area contributed by atoms with Crippen molar-refractivity contribution in [2.75, 3.05) is 13.2 Å². The van der Waals surface area contributed by atoms with Gasteiger partial charge >= 0.3 is 0 Å². The first kappa shape index (κ1) is 20.7. The van der Waals surface area contributed by atoms with Crippen molar-refractivity contribution < 1.29 is 14.3 Å². The molecule has 2 aliphatic rings. The van der Waals surface area contributed by atoms with E-state index in [1.54, 1.807) is 4.90 Å². The average molecular weight is 410 g/mol. The first-order valence-electron chi connectivity index (χ1n) is 11.1. The van der Waals surface area contributed by atoms with Crippen molar-refractivity contribution in [1.82, 2.24) is 15.2 Å². The number of ether oxygens (including phenoxy) is 1. The molecule has 1 aliphatic heterocycles. The third kappa shape index (κ3) is 4.59. The maximum absolute atomic E-state index is 13.5. The molecule has 0 spiro atoms. The number of hydrogen-bond donors (Lipinski definition) is 2. The van der Waals surface area contributed by atoms with Gasteiger partial charge in [-0.05, 0) is 50.3 Å². The second-order valence-corrected chi connectivity index (χ2v) is 8.36.